The highest BCUT2D eigenvalue weighted by Gasteiger charge is 2.36. The van der Waals surface area contributed by atoms with Crippen molar-refractivity contribution >= 4 is 27.7 Å². The van der Waals surface area contributed by atoms with E-state index in [1.54, 1.807) is 13.8 Å². The van der Waals surface area contributed by atoms with Gasteiger partial charge in [0, 0.05) is 32.3 Å². The molecule has 162 valence electrons. The fourth-order valence-electron chi connectivity index (χ4n) is 3.21. The van der Waals surface area contributed by atoms with Gasteiger partial charge >= 0.3 is 0 Å². The van der Waals surface area contributed by atoms with Gasteiger partial charge in [0.1, 0.15) is 0 Å². The lowest BCUT2D eigenvalue weighted by molar-refractivity contribution is -0.129. The number of nitrogens with one attached hydrogen (secondary N) is 2. The molecule has 4 rings (SSSR count). The monoisotopic (exact) mass is 427 g/mol. The smallest absolute Gasteiger partial charge is 0.269 e. The second kappa shape index (κ2) is 8.80. The van der Waals surface area contributed by atoms with Gasteiger partial charge in [-0.1, -0.05) is 0 Å². The zero-order valence-electron chi connectivity index (χ0n) is 17.1. The maximum Gasteiger partial charge on any atom is 0.269 e. The van der Waals surface area contributed by atoms with Crippen molar-refractivity contribution in [3.63, 3.8) is 0 Å². The van der Waals surface area contributed by atoms with Gasteiger partial charge in [-0.05, 0) is 39.5 Å². The van der Waals surface area contributed by atoms with Gasteiger partial charge in [-0.3, -0.25) is 4.79 Å². The highest BCUT2D eigenvalue weighted by Crippen LogP contribution is 2.32. The number of hydrogen-bond acceptors (Lipinski definition) is 8. The first-order valence-electron chi connectivity index (χ1n) is 9.82. The Bertz CT molecular complexity index is 825. The molecule has 4 heterocycles. The third kappa shape index (κ3) is 5.77. The number of carbonyl (C=O) groups excluding carboxylic acids is 1. The Morgan fingerprint density at radius 1 is 1.24 bits per heavy atom. The van der Waals surface area contributed by atoms with Crippen molar-refractivity contribution in [2.75, 3.05) is 43.2 Å². The molecule has 2 saturated heterocycles. The van der Waals surface area contributed by atoms with Crippen molar-refractivity contribution in [3.8, 4) is 5.75 Å². The number of sulfonamides is 1. The minimum Gasteiger partial charge on any atom is -0.472 e. The Morgan fingerprint density at radius 2 is 1.90 bits per heavy atom. The predicted octanol–water partition coefficient (Wildman–Crippen LogP) is 1.22. The molecule has 3 aliphatic heterocycles. The van der Waals surface area contributed by atoms with E-state index in [-0.39, 0.29) is 11.9 Å². The van der Waals surface area contributed by atoms with Crippen molar-refractivity contribution in [2.45, 2.75) is 51.2 Å². The number of hydrogen-bond donors (Lipinski definition) is 2. The topological polar surface area (TPSA) is 123 Å². The van der Waals surface area contributed by atoms with Crippen LogP contribution in [0, 0.1) is 0 Å². The number of rotatable bonds is 3. The third-order valence-electron chi connectivity index (χ3n) is 4.98. The summed E-state index contributed by atoms with van der Waals surface area (Å²) in [6.07, 6.45) is 6.64. The molecule has 1 aromatic rings. The summed E-state index contributed by atoms with van der Waals surface area (Å²) in [6, 6.07) is 0.0812. The van der Waals surface area contributed by atoms with E-state index in [9.17, 15) is 13.2 Å². The zero-order valence-corrected chi connectivity index (χ0v) is 17.9. The standard InChI is InChI=1S/C14H21N5O4S.C4H8O/c1-14(2)12(20)17-11-10(23-14)8-15-13(18-11)16-9-4-6-19(7-5-9)24(3,21)22;1-2-4-5-3-1/h8-9H,4-7H2,1-3H3,(H2,15,16,17,18,20);1-4H2. The number of nitrogens with zero attached hydrogens (tertiary/aromatic N) is 3. The lowest BCUT2D eigenvalue weighted by Gasteiger charge is -2.32. The average molecular weight is 428 g/mol. The van der Waals surface area contributed by atoms with E-state index >= 15 is 0 Å². The van der Waals surface area contributed by atoms with E-state index in [2.05, 4.69) is 20.6 Å². The predicted molar refractivity (Wildman–Crippen MR) is 108 cm³/mol. The fourth-order valence-corrected chi connectivity index (χ4v) is 4.08. The number of aromatic nitrogens is 2. The molecule has 0 atom stereocenters. The molecule has 2 fully saturated rings. The van der Waals surface area contributed by atoms with Crippen LogP contribution in [0.2, 0.25) is 0 Å². The van der Waals surface area contributed by atoms with Crippen LogP contribution in [0.25, 0.3) is 0 Å². The SMILES string of the molecule is C1CCOC1.CC1(C)Oc2cnc(NC3CCN(S(C)(=O)=O)CC3)nc2NC1=O. The molecule has 0 bridgehead atoms. The third-order valence-corrected chi connectivity index (χ3v) is 6.29. The lowest BCUT2D eigenvalue weighted by Crippen LogP contribution is -2.46. The molecule has 0 spiro atoms. The van der Waals surface area contributed by atoms with E-state index in [4.69, 9.17) is 9.47 Å². The summed E-state index contributed by atoms with van der Waals surface area (Å²) in [4.78, 5) is 20.4. The van der Waals surface area contributed by atoms with Crippen LogP contribution in [0.1, 0.15) is 39.5 Å². The second-order valence-corrected chi connectivity index (χ2v) is 9.86. The quantitative estimate of drug-likeness (QED) is 0.738. The normalized spacial score (nSPS) is 22.0. The van der Waals surface area contributed by atoms with E-state index in [0.717, 1.165) is 13.2 Å². The van der Waals surface area contributed by atoms with Gasteiger partial charge in [0.25, 0.3) is 5.91 Å². The number of fused-ring (bicyclic) bond motifs is 1. The maximum atomic E-state index is 11.9. The Morgan fingerprint density at radius 3 is 2.45 bits per heavy atom. The zero-order chi connectivity index (χ0) is 21.1. The minimum atomic E-state index is -3.14. The van der Waals surface area contributed by atoms with Crippen LogP contribution < -0.4 is 15.4 Å². The first-order chi connectivity index (χ1) is 13.6. The second-order valence-electron chi connectivity index (χ2n) is 7.87. The largest absolute Gasteiger partial charge is 0.472 e. The summed E-state index contributed by atoms with van der Waals surface area (Å²) < 4.78 is 35.0. The van der Waals surface area contributed by atoms with Gasteiger partial charge in [0.05, 0.1) is 12.5 Å². The Labute approximate surface area is 171 Å². The van der Waals surface area contributed by atoms with Gasteiger partial charge < -0.3 is 20.1 Å². The van der Waals surface area contributed by atoms with E-state index in [0.29, 0.717) is 43.4 Å². The number of piperidine rings is 1. The van der Waals surface area contributed by atoms with Crippen molar-refractivity contribution in [3.05, 3.63) is 6.20 Å². The molecule has 0 aromatic carbocycles. The van der Waals surface area contributed by atoms with Gasteiger partial charge in [-0.2, -0.15) is 4.98 Å². The molecule has 0 saturated carbocycles. The van der Waals surface area contributed by atoms with Gasteiger partial charge in [-0.15, -0.1) is 0 Å². The first kappa shape index (κ1) is 21.7. The molecule has 0 radical (unpaired) electrons. The molecule has 1 amide bonds. The molecule has 29 heavy (non-hydrogen) atoms. The number of ether oxygens (including phenoxy) is 2. The average Bonchev–Trinajstić information content (AvgIpc) is 3.23. The minimum absolute atomic E-state index is 0.0812. The highest BCUT2D eigenvalue weighted by atomic mass is 32.2. The summed E-state index contributed by atoms with van der Waals surface area (Å²) in [7, 11) is -3.14. The van der Waals surface area contributed by atoms with Crippen LogP contribution in [-0.4, -0.2) is 72.8 Å². The van der Waals surface area contributed by atoms with Crippen LogP contribution in [0.3, 0.4) is 0 Å². The molecule has 3 aliphatic rings. The summed E-state index contributed by atoms with van der Waals surface area (Å²) in [5, 5.41) is 5.90. The van der Waals surface area contributed by atoms with E-state index in [1.807, 2.05) is 0 Å². The summed E-state index contributed by atoms with van der Waals surface area (Å²) in [5.74, 6) is 0.888. The number of carbonyl (C=O) groups is 1. The van der Waals surface area contributed by atoms with Crippen molar-refractivity contribution in [2.24, 2.45) is 0 Å². The van der Waals surface area contributed by atoms with Crippen molar-refractivity contribution < 1.29 is 22.7 Å². The molecule has 10 nitrogen and oxygen atoms in total. The Hall–Kier alpha value is -1.98. The molecule has 11 heteroatoms. The van der Waals surface area contributed by atoms with E-state index in [1.165, 1.54) is 29.6 Å². The van der Waals surface area contributed by atoms with Gasteiger partial charge in [-0.25, -0.2) is 17.7 Å². The highest BCUT2D eigenvalue weighted by molar-refractivity contribution is 7.88. The Balaban J connectivity index is 0.000000419. The molecule has 0 unspecified atom stereocenters. The van der Waals surface area contributed by atoms with Crippen LogP contribution in [0.4, 0.5) is 11.8 Å². The van der Waals surface area contributed by atoms with Gasteiger partial charge in [0.2, 0.25) is 16.0 Å². The molecule has 2 N–H and O–H groups in total. The molecular formula is C18H29N5O5S. The lowest BCUT2D eigenvalue weighted by atomic mass is 10.1. The van der Waals surface area contributed by atoms with Crippen molar-refractivity contribution in [1.29, 1.82) is 0 Å². The summed E-state index contributed by atoms with van der Waals surface area (Å²) >= 11 is 0. The van der Waals surface area contributed by atoms with Crippen LogP contribution in [0.15, 0.2) is 6.20 Å². The summed E-state index contributed by atoms with van der Waals surface area (Å²) in [5.41, 5.74) is -0.955. The van der Waals surface area contributed by atoms with Gasteiger partial charge in [0.15, 0.2) is 17.2 Å². The van der Waals surface area contributed by atoms with Crippen LogP contribution >= 0.6 is 0 Å². The Kier molecular flexibility index (Phi) is 6.59. The van der Waals surface area contributed by atoms with E-state index < -0.39 is 15.6 Å². The number of anilines is 2. The molecular weight excluding hydrogens is 398 g/mol. The van der Waals surface area contributed by atoms with Crippen LogP contribution in [0.5, 0.6) is 5.75 Å². The first-order valence-corrected chi connectivity index (χ1v) is 11.7. The fraction of sp³-hybridized carbons (Fsp3) is 0.722. The van der Waals surface area contributed by atoms with Crippen LogP contribution in [-0.2, 0) is 19.6 Å². The summed E-state index contributed by atoms with van der Waals surface area (Å²) in [6.45, 7) is 6.28. The molecule has 0 aliphatic carbocycles. The maximum absolute atomic E-state index is 11.9. The van der Waals surface area contributed by atoms with Crippen molar-refractivity contribution in [1.82, 2.24) is 14.3 Å². The number of amides is 1. The molecule has 1 aromatic heterocycles.